The molecule has 0 aliphatic carbocycles. The average Bonchev–Trinajstić information content (AvgIpc) is 2.64. The molecule has 25 heavy (non-hydrogen) atoms. The molecular formula is C20H18ClN3O. The molecule has 0 saturated carbocycles. The van der Waals surface area contributed by atoms with Gasteiger partial charge in [-0.05, 0) is 35.7 Å². The van der Waals surface area contributed by atoms with Gasteiger partial charge in [0.25, 0.3) is 0 Å². The maximum atomic E-state index is 12.2. The summed E-state index contributed by atoms with van der Waals surface area (Å²) in [5.41, 5.74) is 2.77. The Morgan fingerprint density at radius 3 is 2.56 bits per heavy atom. The van der Waals surface area contributed by atoms with Crippen LogP contribution < -0.4 is 5.49 Å². The number of pyridine rings is 2. The normalized spacial score (nSPS) is 11.5. The van der Waals surface area contributed by atoms with Crippen LogP contribution in [0.15, 0.2) is 78.0 Å². The van der Waals surface area contributed by atoms with Crippen LogP contribution in [-0.4, -0.2) is 15.5 Å². The molecule has 4 nitrogen and oxygen atoms in total. The molecule has 1 aromatic carbocycles. The third-order valence-corrected chi connectivity index (χ3v) is 3.99. The third kappa shape index (κ3) is 5.13. The maximum Gasteiger partial charge on any atom is 0.247 e. The summed E-state index contributed by atoms with van der Waals surface area (Å²) in [6.07, 6.45) is 4.71. The van der Waals surface area contributed by atoms with Crippen molar-refractivity contribution in [2.45, 2.75) is 19.4 Å². The van der Waals surface area contributed by atoms with Crippen LogP contribution in [0.25, 0.3) is 0 Å². The van der Waals surface area contributed by atoms with E-state index in [2.05, 4.69) is 9.98 Å². The predicted octanol–water partition coefficient (Wildman–Crippen LogP) is 3.64. The van der Waals surface area contributed by atoms with Gasteiger partial charge in [-0.2, -0.15) is 4.99 Å². The molecule has 3 rings (SSSR count). The van der Waals surface area contributed by atoms with Crippen molar-refractivity contribution in [2.75, 3.05) is 0 Å². The van der Waals surface area contributed by atoms with E-state index in [-0.39, 0.29) is 5.91 Å². The van der Waals surface area contributed by atoms with Gasteiger partial charge in [0, 0.05) is 18.8 Å². The van der Waals surface area contributed by atoms with Crippen LogP contribution in [0.4, 0.5) is 0 Å². The van der Waals surface area contributed by atoms with Crippen LogP contribution in [0, 0.1) is 0 Å². The Morgan fingerprint density at radius 1 is 1.00 bits per heavy atom. The highest BCUT2D eigenvalue weighted by Crippen LogP contribution is 2.06. The third-order valence-electron chi connectivity index (χ3n) is 3.77. The number of aryl methyl sites for hydroxylation is 1. The molecule has 0 saturated heterocycles. The van der Waals surface area contributed by atoms with Crippen molar-refractivity contribution in [3.05, 3.63) is 94.8 Å². The molecule has 0 spiro atoms. The van der Waals surface area contributed by atoms with E-state index in [0.29, 0.717) is 30.0 Å². The number of benzene rings is 1. The molecule has 0 bridgehead atoms. The molecule has 2 heterocycles. The summed E-state index contributed by atoms with van der Waals surface area (Å²) in [7, 11) is 0. The van der Waals surface area contributed by atoms with Crippen LogP contribution in [-0.2, 0) is 17.8 Å². The molecule has 2 aromatic heterocycles. The SMILES string of the molecule is O=C(CCc1ccccc1)N=c1ccccn1Cc1ccc(Cl)nc1. The van der Waals surface area contributed by atoms with Gasteiger partial charge in [0.1, 0.15) is 10.6 Å². The van der Waals surface area contributed by atoms with Crippen LogP contribution >= 0.6 is 11.6 Å². The van der Waals surface area contributed by atoms with E-state index in [9.17, 15) is 4.79 Å². The fourth-order valence-electron chi connectivity index (χ4n) is 2.48. The molecule has 5 heteroatoms. The number of carbonyl (C=O) groups excluding carboxylic acids is 1. The largest absolute Gasteiger partial charge is 0.328 e. The molecule has 0 N–H and O–H groups in total. The highest BCUT2D eigenvalue weighted by molar-refractivity contribution is 6.29. The lowest BCUT2D eigenvalue weighted by Crippen LogP contribution is -2.22. The summed E-state index contributed by atoms with van der Waals surface area (Å²) >= 11 is 5.82. The van der Waals surface area contributed by atoms with Crippen molar-refractivity contribution in [1.82, 2.24) is 9.55 Å². The second-order valence-electron chi connectivity index (χ2n) is 5.67. The number of carbonyl (C=O) groups is 1. The molecule has 0 aliphatic heterocycles. The first-order valence-corrected chi connectivity index (χ1v) is 8.46. The van der Waals surface area contributed by atoms with Gasteiger partial charge in [-0.3, -0.25) is 4.79 Å². The Hall–Kier alpha value is -2.72. The van der Waals surface area contributed by atoms with Crippen LogP contribution in [0.5, 0.6) is 0 Å². The Bertz CT molecular complexity index is 902. The number of rotatable bonds is 5. The zero-order chi connectivity index (χ0) is 17.5. The van der Waals surface area contributed by atoms with Crippen molar-refractivity contribution in [3.8, 4) is 0 Å². The molecular weight excluding hydrogens is 334 g/mol. The monoisotopic (exact) mass is 351 g/mol. The van der Waals surface area contributed by atoms with E-state index in [1.807, 2.05) is 65.4 Å². The minimum atomic E-state index is -0.127. The summed E-state index contributed by atoms with van der Waals surface area (Å²) in [4.78, 5) is 20.6. The van der Waals surface area contributed by atoms with E-state index >= 15 is 0 Å². The molecule has 3 aromatic rings. The zero-order valence-corrected chi connectivity index (χ0v) is 14.4. The lowest BCUT2D eigenvalue weighted by Gasteiger charge is -2.07. The second kappa shape index (κ2) is 8.40. The van der Waals surface area contributed by atoms with Gasteiger partial charge in [0.2, 0.25) is 5.91 Å². The van der Waals surface area contributed by atoms with Gasteiger partial charge >= 0.3 is 0 Å². The van der Waals surface area contributed by atoms with Crippen molar-refractivity contribution < 1.29 is 4.79 Å². The summed E-state index contributed by atoms with van der Waals surface area (Å²) < 4.78 is 1.92. The minimum Gasteiger partial charge on any atom is -0.328 e. The van der Waals surface area contributed by atoms with Crippen molar-refractivity contribution in [3.63, 3.8) is 0 Å². The first-order valence-electron chi connectivity index (χ1n) is 8.08. The Balaban J connectivity index is 1.73. The van der Waals surface area contributed by atoms with Crippen molar-refractivity contribution >= 4 is 17.5 Å². The van der Waals surface area contributed by atoms with E-state index < -0.39 is 0 Å². The van der Waals surface area contributed by atoms with E-state index in [1.54, 1.807) is 12.3 Å². The number of hydrogen-bond acceptors (Lipinski definition) is 2. The van der Waals surface area contributed by atoms with Gasteiger partial charge in [0.05, 0.1) is 6.54 Å². The van der Waals surface area contributed by atoms with Crippen LogP contribution in [0.1, 0.15) is 17.5 Å². The summed E-state index contributed by atoms with van der Waals surface area (Å²) in [6, 6.07) is 19.2. The fourth-order valence-corrected chi connectivity index (χ4v) is 2.59. The average molecular weight is 352 g/mol. The number of halogens is 1. The zero-order valence-electron chi connectivity index (χ0n) is 13.7. The fraction of sp³-hybridized carbons (Fsp3) is 0.150. The highest BCUT2D eigenvalue weighted by Gasteiger charge is 2.02. The van der Waals surface area contributed by atoms with Crippen molar-refractivity contribution in [2.24, 2.45) is 4.99 Å². The topological polar surface area (TPSA) is 47.2 Å². The van der Waals surface area contributed by atoms with Crippen LogP contribution in [0.3, 0.4) is 0 Å². The molecule has 0 radical (unpaired) electrons. The smallest absolute Gasteiger partial charge is 0.247 e. The molecule has 126 valence electrons. The first-order chi connectivity index (χ1) is 12.2. The predicted molar refractivity (Wildman–Crippen MR) is 98.1 cm³/mol. The second-order valence-corrected chi connectivity index (χ2v) is 6.05. The van der Waals surface area contributed by atoms with Gasteiger partial charge in [-0.15, -0.1) is 0 Å². The van der Waals surface area contributed by atoms with Gasteiger partial charge < -0.3 is 4.57 Å². The van der Waals surface area contributed by atoms with Gasteiger partial charge in [-0.25, -0.2) is 4.98 Å². The van der Waals surface area contributed by atoms with Crippen molar-refractivity contribution in [1.29, 1.82) is 0 Å². The Kier molecular flexibility index (Phi) is 5.75. The molecule has 0 aliphatic rings. The standard InChI is InChI=1S/C20H18ClN3O/c21-18-11-9-17(14-22-18)15-24-13-5-4-8-19(24)23-20(25)12-10-16-6-2-1-3-7-16/h1-9,11,13-14H,10,12,15H2. The Morgan fingerprint density at radius 2 is 1.80 bits per heavy atom. The Labute approximate surface area is 151 Å². The lowest BCUT2D eigenvalue weighted by molar-refractivity contribution is -0.118. The van der Waals surface area contributed by atoms with Gasteiger partial charge in [-0.1, -0.05) is 54.1 Å². The lowest BCUT2D eigenvalue weighted by atomic mass is 10.1. The van der Waals surface area contributed by atoms with E-state index in [0.717, 1.165) is 11.1 Å². The number of hydrogen-bond donors (Lipinski definition) is 0. The maximum absolute atomic E-state index is 12.2. The quantitative estimate of drug-likeness (QED) is 0.659. The number of amides is 1. The number of nitrogens with zero attached hydrogens (tertiary/aromatic N) is 3. The van der Waals surface area contributed by atoms with Gasteiger partial charge in [0.15, 0.2) is 0 Å². The number of aromatic nitrogens is 2. The molecule has 0 atom stereocenters. The molecule has 0 unspecified atom stereocenters. The van der Waals surface area contributed by atoms with E-state index in [4.69, 9.17) is 11.6 Å². The minimum absolute atomic E-state index is 0.127. The summed E-state index contributed by atoms with van der Waals surface area (Å²) in [5, 5.41) is 0.461. The first kappa shape index (κ1) is 17.1. The summed E-state index contributed by atoms with van der Waals surface area (Å²) in [5.74, 6) is -0.127. The van der Waals surface area contributed by atoms with E-state index in [1.165, 1.54) is 0 Å². The molecule has 0 fully saturated rings. The summed E-state index contributed by atoms with van der Waals surface area (Å²) in [6.45, 7) is 0.579. The van der Waals surface area contributed by atoms with Crippen LogP contribution in [0.2, 0.25) is 5.15 Å². The highest BCUT2D eigenvalue weighted by atomic mass is 35.5. The molecule has 1 amide bonds.